The molecule has 5 rings (SSSR count). The minimum Gasteiger partial charge on any atom is -0.322 e. The molecule has 0 spiro atoms. The van der Waals surface area contributed by atoms with Crippen LogP contribution in [0.2, 0.25) is 0 Å². The third-order valence-electron chi connectivity index (χ3n) is 9.41. The van der Waals surface area contributed by atoms with Gasteiger partial charge >= 0.3 is 6.18 Å². The minimum atomic E-state index is -4.61. The van der Waals surface area contributed by atoms with Crippen LogP contribution in [-0.2, 0) is 11.7 Å². The number of amides is 1. The number of carbonyl (C=O) groups excluding carboxylic acids is 1. The van der Waals surface area contributed by atoms with Crippen LogP contribution in [0.15, 0.2) is 60.9 Å². The number of alkyl halides is 3. The van der Waals surface area contributed by atoms with Crippen LogP contribution in [0.5, 0.6) is 0 Å². The Hall–Kier alpha value is -4.20. The number of anilines is 1. The molecule has 1 unspecified atom stereocenters. The Morgan fingerprint density at radius 2 is 1.84 bits per heavy atom. The number of hydrogen-bond donors (Lipinski definition) is 2. The van der Waals surface area contributed by atoms with Crippen LogP contribution < -0.4 is 10.6 Å². The van der Waals surface area contributed by atoms with Gasteiger partial charge in [0.2, 0.25) is 0 Å². The largest absolute Gasteiger partial charge is 0.416 e. The predicted molar refractivity (Wildman–Crippen MR) is 170 cm³/mol. The monoisotopic (exact) mass is 616 g/mol. The molecule has 0 saturated carbocycles. The summed E-state index contributed by atoms with van der Waals surface area (Å²) in [6.07, 6.45) is 0.799. The maximum Gasteiger partial charge on any atom is 0.416 e. The summed E-state index contributed by atoms with van der Waals surface area (Å²) in [7, 11) is 0. The third kappa shape index (κ3) is 6.20. The molecule has 1 aliphatic rings. The summed E-state index contributed by atoms with van der Waals surface area (Å²) in [5.41, 5.74) is 1.46. The van der Waals surface area contributed by atoms with Crippen LogP contribution in [-0.4, -0.2) is 50.6 Å². The van der Waals surface area contributed by atoms with Crippen molar-refractivity contribution in [3.8, 4) is 11.8 Å². The van der Waals surface area contributed by atoms with Crippen LogP contribution in [0.1, 0.15) is 85.3 Å². The van der Waals surface area contributed by atoms with Crippen molar-refractivity contribution >= 4 is 17.2 Å². The van der Waals surface area contributed by atoms with Crippen molar-refractivity contribution in [2.75, 3.05) is 25.0 Å². The van der Waals surface area contributed by atoms with Crippen molar-refractivity contribution in [2.45, 2.75) is 71.1 Å². The summed E-state index contributed by atoms with van der Waals surface area (Å²) in [4.78, 5) is 19.9. The summed E-state index contributed by atoms with van der Waals surface area (Å²) in [6, 6.07) is 12.8. The maximum absolute atomic E-state index is 14.7. The van der Waals surface area contributed by atoms with Gasteiger partial charge in [0.05, 0.1) is 11.8 Å². The van der Waals surface area contributed by atoms with E-state index in [0.29, 0.717) is 36.4 Å². The molecule has 0 bridgehead atoms. The van der Waals surface area contributed by atoms with Gasteiger partial charge in [-0.05, 0) is 86.6 Å². The van der Waals surface area contributed by atoms with Crippen LogP contribution in [0.3, 0.4) is 0 Å². The highest BCUT2D eigenvalue weighted by Crippen LogP contribution is 2.46. The molecule has 1 fully saturated rings. The Bertz CT molecular complexity index is 1760. The maximum atomic E-state index is 14.7. The third-order valence-corrected chi connectivity index (χ3v) is 9.41. The number of benzene rings is 2. The SMILES string of the molecule is CCC1(CC)CNCCN1C(C)(CC)c1ccc(NC(=O)c2ccc(C)c(C#Cc3cnc4cccnn34)c2)cc1C(F)(F)F. The standard InChI is InChI=1S/C35H39F3N6O/c1-6-33(5,43-19-18-39-23-34(43,7-2)8-3)29-16-14-27(21-30(29)35(36,37)38)42-32(45)26-12-11-24(4)25(20-26)13-15-28-22-40-31-10-9-17-41-44(28)31/h9-12,14,16-17,20-22,39H,6-8,18-19,23H2,1-5H3,(H,42,45). The Balaban J connectivity index is 1.45. The van der Waals surface area contributed by atoms with Gasteiger partial charge in [0.1, 0.15) is 5.69 Å². The zero-order chi connectivity index (χ0) is 32.4. The first-order valence-corrected chi connectivity index (χ1v) is 15.4. The van der Waals surface area contributed by atoms with E-state index in [1.165, 1.54) is 6.07 Å². The molecule has 45 heavy (non-hydrogen) atoms. The Morgan fingerprint density at radius 3 is 2.56 bits per heavy atom. The van der Waals surface area contributed by atoms with E-state index in [0.717, 1.165) is 31.0 Å². The molecular weight excluding hydrogens is 577 g/mol. The number of nitrogens with one attached hydrogen (secondary N) is 2. The van der Waals surface area contributed by atoms with Crippen LogP contribution in [0.4, 0.5) is 18.9 Å². The second kappa shape index (κ2) is 12.7. The summed E-state index contributed by atoms with van der Waals surface area (Å²) in [5.74, 6) is 5.62. The first-order valence-electron chi connectivity index (χ1n) is 15.4. The van der Waals surface area contributed by atoms with Gasteiger partial charge in [0.15, 0.2) is 5.65 Å². The van der Waals surface area contributed by atoms with Crippen LogP contribution >= 0.6 is 0 Å². The number of aryl methyl sites for hydroxylation is 1. The highest BCUT2D eigenvalue weighted by Gasteiger charge is 2.48. The van der Waals surface area contributed by atoms with E-state index in [-0.39, 0.29) is 22.4 Å². The lowest BCUT2D eigenvalue weighted by molar-refractivity contribution is -0.141. The fourth-order valence-electron chi connectivity index (χ4n) is 6.50. The molecule has 0 aliphatic carbocycles. The first kappa shape index (κ1) is 32.2. The van der Waals surface area contributed by atoms with Crippen LogP contribution in [0.25, 0.3) is 5.65 Å². The van der Waals surface area contributed by atoms with E-state index in [9.17, 15) is 18.0 Å². The molecule has 10 heteroatoms. The Kier molecular flexibility index (Phi) is 9.06. The minimum absolute atomic E-state index is 0.0806. The zero-order valence-corrected chi connectivity index (χ0v) is 26.3. The van der Waals surface area contributed by atoms with E-state index < -0.39 is 23.2 Å². The number of rotatable bonds is 7. The van der Waals surface area contributed by atoms with Gasteiger partial charge in [-0.15, -0.1) is 0 Å². The van der Waals surface area contributed by atoms with E-state index in [4.69, 9.17) is 0 Å². The quantitative estimate of drug-likeness (QED) is 0.224. The molecule has 4 aromatic rings. The predicted octanol–water partition coefficient (Wildman–Crippen LogP) is 6.80. The molecule has 2 aromatic carbocycles. The lowest BCUT2D eigenvalue weighted by atomic mass is 9.77. The number of carbonyl (C=O) groups is 1. The molecule has 1 amide bonds. The molecule has 7 nitrogen and oxygen atoms in total. The number of halogens is 3. The number of imidazole rings is 1. The van der Waals surface area contributed by atoms with Gasteiger partial charge in [0.25, 0.3) is 5.91 Å². The lowest BCUT2D eigenvalue weighted by Crippen LogP contribution is -2.66. The number of fused-ring (bicyclic) bond motifs is 1. The van der Waals surface area contributed by atoms with Gasteiger partial charge in [-0.3, -0.25) is 9.69 Å². The van der Waals surface area contributed by atoms with Crippen molar-refractivity contribution in [1.82, 2.24) is 24.8 Å². The molecule has 1 atom stereocenters. The molecular formula is C35H39F3N6O. The number of hydrogen-bond acceptors (Lipinski definition) is 5. The number of piperazine rings is 1. The van der Waals surface area contributed by atoms with Crippen molar-refractivity contribution in [1.29, 1.82) is 0 Å². The van der Waals surface area contributed by atoms with Gasteiger partial charge < -0.3 is 10.6 Å². The van der Waals surface area contributed by atoms with E-state index in [1.807, 2.05) is 26.8 Å². The van der Waals surface area contributed by atoms with E-state index in [2.05, 4.69) is 51.3 Å². The normalized spacial score (nSPS) is 16.5. The highest BCUT2D eigenvalue weighted by molar-refractivity contribution is 6.04. The summed E-state index contributed by atoms with van der Waals surface area (Å²) < 4.78 is 45.7. The molecule has 2 aromatic heterocycles. The number of nitrogens with zero attached hydrogens (tertiary/aromatic N) is 4. The molecule has 0 radical (unpaired) electrons. The molecule has 1 saturated heterocycles. The zero-order valence-electron chi connectivity index (χ0n) is 26.3. The lowest BCUT2D eigenvalue weighted by Gasteiger charge is -2.56. The topological polar surface area (TPSA) is 74.6 Å². The molecule has 2 N–H and O–H groups in total. The average Bonchev–Trinajstić information content (AvgIpc) is 3.46. The van der Waals surface area contributed by atoms with E-state index >= 15 is 0 Å². The van der Waals surface area contributed by atoms with Gasteiger partial charge in [-0.25, -0.2) is 9.50 Å². The Labute approximate surface area is 262 Å². The molecule has 1 aliphatic heterocycles. The number of aromatic nitrogens is 3. The highest BCUT2D eigenvalue weighted by atomic mass is 19.4. The molecule has 3 heterocycles. The van der Waals surface area contributed by atoms with Gasteiger partial charge in [-0.1, -0.05) is 38.8 Å². The van der Waals surface area contributed by atoms with Gasteiger partial charge in [0, 0.05) is 53.7 Å². The second-order valence-corrected chi connectivity index (χ2v) is 11.8. The fourth-order valence-corrected chi connectivity index (χ4v) is 6.50. The fraction of sp³-hybridized carbons (Fsp3) is 0.400. The summed E-state index contributed by atoms with van der Waals surface area (Å²) in [5, 5.41) is 10.4. The van der Waals surface area contributed by atoms with Crippen LogP contribution in [0, 0.1) is 18.8 Å². The van der Waals surface area contributed by atoms with E-state index in [1.54, 1.807) is 47.2 Å². The smallest absolute Gasteiger partial charge is 0.322 e. The van der Waals surface area contributed by atoms with Crippen molar-refractivity contribution in [3.63, 3.8) is 0 Å². The van der Waals surface area contributed by atoms with Crippen molar-refractivity contribution in [3.05, 3.63) is 94.4 Å². The second-order valence-electron chi connectivity index (χ2n) is 11.8. The summed E-state index contributed by atoms with van der Waals surface area (Å²) in [6.45, 7) is 12.0. The first-order chi connectivity index (χ1) is 21.5. The van der Waals surface area contributed by atoms with Gasteiger partial charge in [-0.2, -0.15) is 18.3 Å². The summed E-state index contributed by atoms with van der Waals surface area (Å²) >= 11 is 0. The Morgan fingerprint density at radius 1 is 1.07 bits per heavy atom. The molecule has 236 valence electrons. The van der Waals surface area contributed by atoms with Crippen molar-refractivity contribution < 1.29 is 18.0 Å². The van der Waals surface area contributed by atoms with Crippen molar-refractivity contribution in [2.24, 2.45) is 0 Å². The average molecular weight is 617 g/mol.